The third-order valence-electron chi connectivity index (χ3n) is 4.20. The number of aromatic nitrogens is 1. The number of nitrogens with zero attached hydrogens (tertiary/aromatic N) is 1. The molecule has 5 nitrogen and oxygen atoms in total. The Bertz CT molecular complexity index is 1000. The van der Waals surface area contributed by atoms with Gasteiger partial charge in [0, 0.05) is 23.0 Å². The van der Waals surface area contributed by atoms with Crippen molar-refractivity contribution in [2.75, 3.05) is 12.8 Å². The SMILES string of the molecule is COC(=O)c1cn(-c2ccc(N)cc2)c2cc(C)c(C)cc2c1=O. The summed E-state index contributed by atoms with van der Waals surface area (Å²) < 4.78 is 6.57. The number of rotatable bonds is 2. The lowest BCUT2D eigenvalue weighted by atomic mass is 10.0. The molecule has 3 aromatic rings. The molecule has 0 aliphatic carbocycles. The van der Waals surface area contributed by atoms with Crippen molar-refractivity contribution in [3.8, 4) is 5.69 Å². The normalized spacial score (nSPS) is 10.8. The number of nitrogen functional groups attached to an aromatic ring is 1. The molecule has 122 valence electrons. The van der Waals surface area contributed by atoms with E-state index in [9.17, 15) is 9.59 Å². The maximum Gasteiger partial charge on any atom is 0.343 e. The molecule has 0 spiro atoms. The predicted molar refractivity (Wildman–Crippen MR) is 94.8 cm³/mol. The maximum atomic E-state index is 12.7. The largest absolute Gasteiger partial charge is 0.465 e. The summed E-state index contributed by atoms with van der Waals surface area (Å²) in [7, 11) is 1.26. The van der Waals surface area contributed by atoms with Gasteiger partial charge in [-0.2, -0.15) is 0 Å². The van der Waals surface area contributed by atoms with Crippen molar-refractivity contribution in [1.82, 2.24) is 4.57 Å². The fourth-order valence-electron chi connectivity index (χ4n) is 2.69. The van der Waals surface area contributed by atoms with E-state index in [0.29, 0.717) is 11.1 Å². The van der Waals surface area contributed by atoms with Crippen LogP contribution in [-0.2, 0) is 4.74 Å². The Balaban J connectivity index is 2.44. The van der Waals surface area contributed by atoms with Crippen LogP contribution in [0.25, 0.3) is 16.6 Å². The number of pyridine rings is 1. The zero-order chi connectivity index (χ0) is 17.4. The van der Waals surface area contributed by atoms with Crippen LogP contribution in [0.3, 0.4) is 0 Å². The Labute approximate surface area is 139 Å². The van der Waals surface area contributed by atoms with Crippen LogP contribution in [0.2, 0.25) is 0 Å². The molecule has 0 amide bonds. The lowest BCUT2D eigenvalue weighted by Crippen LogP contribution is -2.20. The van der Waals surface area contributed by atoms with Gasteiger partial charge in [0.15, 0.2) is 0 Å². The second-order valence-corrected chi connectivity index (χ2v) is 5.78. The summed E-state index contributed by atoms with van der Waals surface area (Å²) >= 11 is 0. The van der Waals surface area contributed by atoms with Crippen molar-refractivity contribution < 1.29 is 9.53 Å². The van der Waals surface area contributed by atoms with E-state index in [1.807, 2.05) is 42.7 Å². The zero-order valence-electron chi connectivity index (χ0n) is 13.8. The number of aryl methyl sites for hydroxylation is 2. The number of fused-ring (bicyclic) bond motifs is 1. The minimum atomic E-state index is -0.649. The van der Waals surface area contributed by atoms with Gasteiger partial charge in [-0.05, 0) is 61.4 Å². The van der Waals surface area contributed by atoms with Crippen molar-refractivity contribution >= 4 is 22.6 Å². The molecule has 0 unspecified atom stereocenters. The molecule has 0 aliphatic rings. The number of benzene rings is 2. The van der Waals surface area contributed by atoms with E-state index in [4.69, 9.17) is 10.5 Å². The Morgan fingerprint density at radius 3 is 2.33 bits per heavy atom. The van der Waals surface area contributed by atoms with Crippen molar-refractivity contribution in [1.29, 1.82) is 0 Å². The molecule has 24 heavy (non-hydrogen) atoms. The van der Waals surface area contributed by atoms with Crippen LogP contribution in [0.4, 0.5) is 5.69 Å². The van der Waals surface area contributed by atoms with Gasteiger partial charge in [0.1, 0.15) is 5.56 Å². The monoisotopic (exact) mass is 322 g/mol. The summed E-state index contributed by atoms with van der Waals surface area (Å²) in [6.07, 6.45) is 1.52. The van der Waals surface area contributed by atoms with Crippen molar-refractivity contribution in [3.05, 3.63) is 69.5 Å². The lowest BCUT2D eigenvalue weighted by molar-refractivity contribution is 0.0599. The van der Waals surface area contributed by atoms with Gasteiger partial charge in [0.2, 0.25) is 5.43 Å². The number of nitrogens with two attached hydrogens (primary N) is 1. The topological polar surface area (TPSA) is 74.3 Å². The minimum Gasteiger partial charge on any atom is -0.465 e. The standard InChI is InChI=1S/C19H18N2O3/c1-11-8-15-17(9-12(11)2)21(14-6-4-13(20)5-7-14)10-16(18(15)22)19(23)24-3/h4-10H,20H2,1-3H3. The molecule has 0 aliphatic heterocycles. The van der Waals surface area contributed by atoms with Gasteiger partial charge < -0.3 is 15.0 Å². The number of hydrogen-bond acceptors (Lipinski definition) is 4. The lowest BCUT2D eigenvalue weighted by Gasteiger charge is -2.15. The minimum absolute atomic E-state index is 0.00470. The van der Waals surface area contributed by atoms with Crippen molar-refractivity contribution in [3.63, 3.8) is 0 Å². The number of ether oxygens (including phenoxy) is 1. The number of carbonyl (C=O) groups excluding carboxylic acids is 1. The van der Waals surface area contributed by atoms with E-state index in [0.717, 1.165) is 22.3 Å². The van der Waals surface area contributed by atoms with Crippen LogP contribution < -0.4 is 11.2 Å². The molecule has 0 saturated heterocycles. The first-order valence-corrected chi connectivity index (χ1v) is 7.53. The molecule has 0 fully saturated rings. The number of hydrogen-bond donors (Lipinski definition) is 1. The van der Waals surface area contributed by atoms with Gasteiger partial charge in [0.05, 0.1) is 12.6 Å². The number of esters is 1. The molecule has 1 aromatic heterocycles. The van der Waals surface area contributed by atoms with Crippen LogP contribution >= 0.6 is 0 Å². The van der Waals surface area contributed by atoms with Gasteiger partial charge in [0.25, 0.3) is 0 Å². The van der Waals surface area contributed by atoms with Gasteiger partial charge >= 0.3 is 5.97 Å². The van der Waals surface area contributed by atoms with Gasteiger partial charge in [-0.25, -0.2) is 4.79 Å². The quantitative estimate of drug-likeness (QED) is 0.581. The molecule has 1 heterocycles. The third-order valence-corrected chi connectivity index (χ3v) is 4.20. The molecule has 3 rings (SSSR count). The van der Waals surface area contributed by atoms with Crippen molar-refractivity contribution in [2.24, 2.45) is 0 Å². The van der Waals surface area contributed by atoms with E-state index in [-0.39, 0.29) is 11.0 Å². The highest BCUT2D eigenvalue weighted by Gasteiger charge is 2.17. The predicted octanol–water partition coefficient (Wildman–Crippen LogP) is 2.98. The first-order valence-electron chi connectivity index (χ1n) is 7.53. The van der Waals surface area contributed by atoms with Crippen molar-refractivity contribution in [2.45, 2.75) is 13.8 Å². The summed E-state index contributed by atoms with van der Waals surface area (Å²) in [6, 6.07) is 11.0. The molecule has 0 radical (unpaired) electrons. The van der Waals surface area contributed by atoms with Crippen LogP contribution in [-0.4, -0.2) is 17.6 Å². The van der Waals surface area contributed by atoms with Gasteiger partial charge in [-0.1, -0.05) is 0 Å². The van der Waals surface area contributed by atoms with E-state index in [1.54, 1.807) is 12.1 Å². The second kappa shape index (κ2) is 5.85. The van der Waals surface area contributed by atoms with E-state index in [2.05, 4.69) is 0 Å². The van der Waals surface area contributed by atoms with E-state index >= 15 is 0 Å². The number of methoxy groups -OCH3 is 1. The number of carbonyl (C=O) groups is 1. The third kappa shape index (κ3) is 2.54. The first kappa shape index (κ1) is 15.8. The smallest absolute Gasteiger partial charge is 0.343 e. The summed E-state index contributed by atoms with van der Waals surface area (Å²) in [5, 5.41) is 0.484. The molecule has 2 N–H and O–H groups in total. The van der Waals surface area contributed by atoms with Gasteiger partial charge in [-0.15, -0.1) is 0 Å². The average Bonchev–Trinajstić information content (AvgIpc) is 2.57. The summed E-state index contributed by atoms with van der Waals surface area (Å²) in [5.41, 5.74) is 9.67. The highest BCUT2D eigenvalue weighted by atomic mass is 16.5. The van der Waals surface area contributed by atoms with Crippen LogP contribution in [0, 0.1) is 13.8 Å². The molecular formula is C19H18N2O3. The fraction of sp³-hybridized carbons (Fsp3) is 0.158. The number of anilines is 1. The average molecular weight is 322 g/mol. The molecule has 2 aromatic carbocycles. The summed E-state index contributed by atoms with van der Waals surface area (Å²) in [4.78, 5) is 24.7. The Morgan fingerprint density at radius 1 is 1.08 bits per heavy atom. The van der Waals surface area contributed by atoms with E-state index in [1.165, 1.54) is 13.3 Å². The Morgan fingerprint density at radius 2 is 1.71 bits per heavy atom. The summed E-state index contributed by atoms with van der Waals surface area (Å²) in [6.45, 7) is 3.92. The molecule has 0 saturated carbocycles. The fourth-order valence-corrected chi connectivity index (χ4v) is 2.69. The molecule has 0 bridgehead atoms. The highest BCUT2D eigenvalue weighted by Crippen LogP contribution is 2.22. The van der Waals surface area contributed by atoms with Crippen LogP contribution in [0.1, 0.15) is 21.5 Å². The Hall–Kier alpha value is -3.08. The molecular weight excluding hydrogens is 304 g/mol. The van der Waals surface area contributed by atoms with Gasteiger partial charge in [-0.3, -0.25) is 4.79 Å². The molecule has 0 atom stereocenters. The summed E-state index contributed by atoms with van der Waals surface area (Å²) in [5.74, 6) is -0.649. The Kier molecular flexibility index (Phi) is 3.85. The zero-order valence-corrected chi connectivity index (χ0v) is 13.8. The maximum absolute atomic E-state index is 12.7. The second-order valence-electron chi connectivity index (χ2n) is 5.78. The molecule has 5 heteroatoms. The highest BCUT2D eigenvalue weighted by molar-refractivity contribution is 5.94. The van der Waals surface area contributed by atoms with E-state index < -0.39 is 5.97 Å². The van der Waals surface area contributed by atoms with Crippen LogP contribution in [0.5, 0.6) is 0 Å². The van der Waals surface area contributed by atoms with Crippen LogP contribution in [0.15, 0.2) is 47.4 Å². The first-order chi connectivity index (χ1) is 11.4.